The standard InChI is InChI=1S/C35H45N9O2S/c1-3-5-19-36-29-12-9-10-27-31(25-18-21-38-34(40-25)37-20-6-4-2)32(43-44(27)29)23-14-16-24(17-15-23)39-30(45)13-8-7-11-28-33-26(22-47-28)41-35(46)42-33/h9-10,12,14-18,21,26,28,33,36H,3-8,11,13,19-20,22H2,1-2H3,(H,39,45)(H,37,38,40)(H2,41,42,46)/t26-,28-,33?/m0/s1. The van der Waals surface area contributed by atoms with E-state index < -0.39 is 0 Å². The van der Waals surface area contributed by atoms with Gasteiger partial charge in [0, 0.05) is 48.0 Å². The molecule has 0 radical (unpaired) electrons. The van der Waals surface area contributed by atoms with Crippen LogP contribution in [0.1, 0.15) is 65.2 Å². The zero-order chi connectivity index (χ0) is 32.6. The molecule has 11 nitrogen and oxygen atoms in total. The maximum atomic E-state index is 12.8. The van der Waals surface area contributed by atoms with E-state index >= 15 is 0 Å². The van der Waals surface area contributed by atoms with Gasteiger partial charge in [-0.15, -0.1) is 0 Å². The minimum atomic E-state index is -0.0597. The summed E-state index contributed by atoms with van der Waals surface area (Å²) in [5.41, 5.74) is 5.18. The van der Waals surface area contributed by atoms with Crippen molar-refractivity contribution in [2.45, 2.75) is 82.5 Å². The lowest BCUT2D eigenvalue weighted by atomic mass is 10.0. The van der Waals surface area contributed by atoms with E-state index in [1.54, 1.807) is 6.20 Å². The second-order valence-corrected chi connectivity index (χ2v) is 13.5. The number of aromatic nitrogens is 4. The summed E-state index contributed by atoms with van der Waals surface area (Å²) in [4.78, 5) is 33.8. The quantitative estimate of drug-likeness (QED) is 0.0678. The molecule has 12 heteroatoms. The van der Waals surface area contributed by atoms with E-state index in [-0.39, 0.29) is 24.0 Å². The van der Waals surface area contributed by atoms with Crippen molar-refractivity contribution in [2.24, 2.45) is 0 Å². The van der Waals surface area contributed by atoms with Crippen molar-refractivity contribution in [3.05, 3.63) is 54.7 Å². The van der Waals surface area contributed by atoms with Crippen LogP contribution in [0.15, 0.2) is 54.7 Å². The van der Waals surface area contributed by atoms with Gasteiger partial charge in [-0.1, -0.05) is 51.3 Å². The molecule has 3 atom stereocenters. The molecule has 2 aliphatic heterocycles. The van der Waals surface area contributed by atoms with Crippen molar-refractivity contribution >= 4 is 46.7 Å². The number of hydrogen-bond acceptors (Lipinski definition) is 8. The van der Waals surface area contributed by atoms with Gasteiger partial charge in [-0.25, -0.2) is 19.3 Å². The Kier molecular flexibility index (Phi) is 10.8. The lowest BCUT2D eigenvalue weighted by molar-refractivity contribution is -0.116. The summed E-state index contributed by atoms with van der Waals surface area (Å²) < 4.78 is 1.96. The summed E-state index contributed by atoms with van der Waals surface area (Å²) in [6, 6.07) is 16.4. The van der Waals surface area contributed by atoms with Crippen molar-refractivity contribution in [2.75, 3.05) is 34.8 Å². The number of nitrogens with zero attached hydrogens (tertiary/aromatic N) is 4. The highest BCUT2D eigenvalue weighted by Gasteiger charge is 2.42. The van der Waals surface area contributed by atoms with Gasteiger partial charge in [-0.2, -0.15) is 16.9 Å². The van der Waals surface area contributed by atoms with E-state index in [9.17, 15) is 9.59 Å². The molecule has 5 N–H and O–H groups in total. The average Bonchev–Trinajstić information content (AvgIpc) is 3.77. The zero-order valence-electron chi connectivity index (χ0n) is 27.2. The van der Waals surface area contributed by atoms with Crippen molar-refractivity contribution in [3.8, 4) is 22.5 Å². The molecule has 2 saturated heterocycles. The Morgan fingerprint density at radius 3 is 2.60 bits per heavy atom. The molecule has 1 unspecified atom stereocenters. The number of nitrogens with one attached hydrogen (secondary N) is 5. The van der Waals surface area contributed by atoms with Crippen LogP contribution in [0.3, 0.4) is 0 Å². The van der Waals surface area contributed by atoms with Crippen LogP contribution in [0.2, 0.25) is 0 Å². The minimum Gasteiger partial charge on any atom is -0.370 e. The van der Waals surface area contributed by atoms with Crippen molar-refractivity contribution < 1.29 is 9.59 Å². The fraction of sp³-hybridized carbons (Fsp3) is 0.457. The number of unbranched alkanes of at least 4 members (excludes halogenated alkanes) is 3. The van der Waals surface area contributed by atoms with Crippen LogP contribution in [0.25, 0.3) is 28.0 Å². The molecule has 248 valence electrons. The van der Waals surface area contributed by atoms with Gasteiger partial charge in [-0.05, 0) is 56.0 Å². The number of fused-ring (bicyclic) bond motifs is 2. The van der Waals surface area contributed by atoms with E-state index in [0.29, 0.717) is 17.6 Å². The number of amides is 3. The molecular weight excluding hydrogens is 611 g/mol. The number of rotatable bonds is 16. The first kappa shape index (κ1) is 32.6. The number of anilines is 3. The number of carbonyl (C=O) groups is 2. The topological polar surface area (TPSA) is 137 Å². The summed E-state index contributed by atoms with van der Waals surface area (Å²) in [5, 5.41) is 21.5. The van der Waals surface area contributed by atoms with E-state index in [1.807, 2.05) is 58.7 Å². The third kappa shape index (κ3) is 7.81. The van der Waals surface area contributed by atoms with Gasteiger partial charge in [0.2, 0.25) is 11.9 Å². The van der Waals surface area contributed by atoms with Crippen LogP contribution in [-0.4, -0.2) is 67.7 Å². The van der Waals surface area contributed by atoms with Crippen LogP contribution in [0.4, 0.5) is 22.2 Å². The van der Waals surface area contributed by atoms with Crippen LogP contribution in [0, 0.1) is 0 Å². The maximum Gasteiger partial charge on any atom is 0.315 e. The molecule has 2 fully saturated rings. The van der Waals surface area contributed by atoms with Crippen molar-refractivity contribution in [1.29, 1.82) is 0 Å². The molecule has 47 heavy (non-hydrogen) atoms. The Labute approximate surface area is 280 Å². The minimum absolute atomic E-state index is 0.00541. The molecule has 1 aromatic carbocycles. The Morgan fingerprint density at radius 1 is 0.979 bits per heavy atom. The molecule has 2 aliphatic rings. The van der Waals surface area contributed by atoms with E-state index in [4.69, 9.17) is 10.1 Å². The molecule has 4 aromatic rings. The van der Waals surface area contributed by atoms with Crippen LogP contribution >= 0.6 is 11.8 Å². The summed E-state index contributed by atoms with van der Waals surface area (Å²) in [7, 11) is 0. The Morgan fingerprint density at radius 2 is 1.79 bits per heavy atom. The lowest BCUT2D eigenvalue weighted by Crippen LogP contribution is -2.36. The second-order valence-electron chi connectivity index (χ2n) is 12.3. The number of urea groups is 1. The zero-order valence-corrected chi connectivity index (χ0v) is 28.0. The fourth-order valence-electron chi connectivity index (χ4n) is 6.22. The maximum absolute atomic E-state index is 12.8. The summed E-state index contributed by atoms with van der Waals surface area (Å²) in [6.07, 6.45) is 9.33. The van der Waals surface area contributed by atoms with E-state index in [2.05, 4.69) is 51.5 Å². The predicted molar refractivity (Wildman–Crippen MR) is 191 cm³/mol. The first-order valence-electron chi connectivity index (χ1n) is 17.0. The van der Waals surface area contributed by atoms with Crippen molar-refractivity contribution in [3.63, 3.8) is 0 Å². The number of carbonyl (C=O) groups excluding carboxylic acids is 2. The molecule has 3 aromatic heterocycles. The smallest absolute Gasteiger partial charge is 0.315 e. The van der Waals surface area contributed by atoms with Crippen LogP contribution in [-0.2, 0) is 4.79 Å². The Balaban J connectivity index is 1.15. The number of pyridine rings is 1. The number of benzene rings is 1. The predicted octanol–water partition coefficient (Wildman–Crippen LogP) is 6.55. The van der Waals surface area contributed by atoms with Crippen LogP contribution < -0.4 is 26.6 Å². The van der Waals surface area contributed by atoms with Gasteiger partial charge in [0.15, 0.2) is 0 Å². The molecule has 6 rings (SSSR count). The monoisotopic (exact) mass is 655 g/mol. The highest BCUT2D eigenvalue weighted by molar-refractivity contribution is 8.00. The number of thioether (sulfide) groups is 1. The fourth-order valence-corrected chi connectivity index (χ4v) is 7.76. The molecule has 5 heterocycles. The number of hydrogen-bond donors (Lipinski definition) is 5. The van der Waals surface area contributed by atoms with Gasteiger partial charge in [0.05, 0.1) is 28.9 Å². The van der Waals surface area contributed by atoms with E-state index in [0.717, 1.165) is 103 Å². The largest absolute Gasteiger partial charge is 0.370 e. The molecule has 0 aliphatic carbocycles. The highest BCUT2D eigenvalue weighted by Crippen LogP contribution is 2.36. The second kappa shape index (κ2) is 15.5. The van der Waals surface area contributed by atoms with E-state index in [1.165, 1.54) is 0 Å². The first-order chi connectivity index (χ1) is 23.0. The van der Waals surface area contributed by atoms with Gasteiger partial charge >= 0.3 is 6.03 Å². The normalized spacial score (nSPS) is 18.5. The summed E-state index contributed by atoms with van der Waals surface area (Å²) >= 11 is 1.91. The van der Waals surface area contributed by atoms with Crippen molar-refractivity contribution in [1.82, 2.24) is 30.2 Å². The molecular formula is C35H45N9O2S. The van der Waals surface area contributed by atoms with Gasteiger partial charge in [0.1, 0.15) is 11.5 Å². The van der Waals surface area contributed by atoms with Gasteiger partial charge < -0.3 is 26.6 Å². The third-order valence-corrected chi connectivity index (χ3v) is 10.3. The lowest BCUT2D eigenvalue weighted by Gasteiger charge is -2.16. The molecule has 3 amide bonds. The Bertz CT molecular complexity index is 1680. The summed E-state index contributed by atoms with van der Waals surface area (Å²) in [6.45, 7) is 6.03. The highest BCUT2D eigenvalue weighted by atomic mass is 32.2. The Hall–Kier alpha value is -4.32. The third-order valence-electron chi connectivity index (χ3n) is 8.74. The SMILES string of the molecule is CCCCNc1nccc(-c2c(-c3ccc(NC(=O)CCCC[C@@H]4SC[C@@H]5NC(=O)NC54)cc3)nn3c(NCCCC)cccc23)n1. The molecule has 0 bridgehead atoms. The van der Waals surface area contributed by atoms with Crippen LogP contribution in [0.5, 0.6) is 0 Å². The molecule has 0 saturated carbocycles. The first-order valence-corrected chi connectivity index (χ1v) is 18.0. The molecule has 0 spiro atoms. The van der Waals surface area contributed by atoms with Gasteiger partial charge in [0.25, 0.3) is 0 Å². The summed E-state index contributed by atoms with van der Waals surface area (Å²) in [5.74, 6) is 2.49. The van der Waals surface area contributed by atoms with Gasteiger partial charge in [-0.3, -0.25) is 4.79 Å². The average molecular weight is 656 g/mol.